The predicted octanol–water partition coefficient (Wildman–Crippen LogP) is 2.24. The number of ether oxygens (including phenoxy) is 1. The van der Waals surface area contributed by atoms with Crippen LogP contribution in [0.25, 0.3) is 0 Å². The lowest BCUT2D eigenvalue weighted by Crippen LogP contribution is -2.50. The van der Waals surface area contributed by atoms with Crippen LogP contribution in [0.3, 0.4) is 0 Å². The maximum Gasteiger partial charge on any atom is 0.325 e. The van der Waals surface area contributed by atoms with Crippen molar-refractivity contribution >= 4 is 17.8 Å². The Hall–Kier alpha value is -2.57. The Morgan fingerprint density at radius 1 is 1.25 bits per heavy atom. The zero-order chi connectivity index (χ0) is 20.1. The van der Waals surface area contributed by atoms with Gasteiger partial charge in [0.25, 0.3) is 5.91 Å². The number of methoxy groups -OCH3 is 1. The first-order valence-corrected chi connectivity index (χ1v) is 10.0. The molecule has 7 nitrogen and oxygen atoms in total. The Kier molecular flexibility index (Phi) is 6.21. The second kappa shape index (κ2) is 8.63. The molecule has 1 heterocycles. The molecule has 1 aliphatic carbocycles. The van der Waals surface area contributed by atoms with Crippen LogP contribution in [0.1, 0.15) is 44.6 Å². The van der Waals surface area contributed by atoms with Crippen molar-refractivity contribution < 1.29 is 19.1 Å². The Bertz CT molecular complexity index is 724. The molecule has 0 aromatic heterocycles. The van der Waals surface area contributed by atoms with E-state index in [0.717, 1.165) is 35.5 Å². The van der Waals surface area contributed by atoms with Crippen molar-refractivity contribution in [3.63, 3.8) is 0 Å². The topological polar surface area (TPSA) is 87.7 Å². The summed E-state index contributed by atoms with van der Waals surface area (Å²) in [4.78, 5) is 38.4. The van der Waals surface area contributed by atoms with Gasteiger partial charge in [0.15, 0.2) is 0 Å². The molecule has 0 radical (unpaired) electrons. The summed E-state index contributed by atoms with van der Waals surface area (Å²) in [6.45, 7) is 2.37. The summed E-state index contributed by atoms with van der Waals surface area (Å²) in [7, 11) is 1.62. The van der Waals surface area contributed by atoms with Crippen LogP contribution in [-0.2, 0) is 16.0 Å². The first-order chi connectivity index (χ1) is 13.5. The van der Waals surface area contributed by atoms with Crippen molar-refractivity contribution in [3.8, 4) is 5.75 Å². The predicted molar refractivity (Wildman–Crippen MR) is 105 cm³/mol. The Balaban J connectivity index is 1.48. The van der Waals surface area contributed by atoms with E-state index in [2.05, 4.69) is 17.6 Å². The van der Waals surface area contributed by atoms with Gasteiger partial charge in [0.2, 0.25) is 5.91 Å². The van der Waals surface area contributed by atoms with Crippen molar-refractivity contribution in [2.75, 3.05) is 20.2 Å². The van der Waals surface area contributed by atoms with Gasteiger partial charge in [-0.05, 0) is 55.7 Å². The lowest BCUT2D eigenvalue weighted by Gasteiger charge is -2.34. The summed E-state index contributed by atoms with van der Waals surface area (Å²) in [5, 5.41) is 5.65. The van der Waals surface area contributed by atoms with Crippen LogP contribution in [0.15, 0.2) is 24.3 Å². The molecular weight excluding hydrogens is 358 g/mol. The van der Waals surface area contributed by atoms with E-state index in [-0.39, 0.29) is 18.4 Å². The van der Waals surface area contributed by atoms with Gasteiger partial charge in [0, 0.05) is 6.54 Å². The summed E-state index contributed by atoms with van der Waals surface area (Å²) < 4.78 is 5.12. The van der Waals surface area contributed by atoms with Crippen LogP contribution >= 0.6 is 0 Å². The number of benzene rings is 1. The average molecular weight is 387 g/mol. The third-order valence-electron chi connectivity index (χ3n) is 5.98. The number of rotatable bonds is 7. The normalized spacial score (nSPS) is 24.4. The van der Waals surface area contributed by atoms with Crippen molar-refractivity contribution in [1.82, 2.24) is 15.5 Å². The maximum atomic E-state index is 12.8. The van der Waals surface area contributed by atoms with Gasteiger partial charge in [-0.25, -0.2) is 4.79 Å². The van der Waals surface area contributed by atoms with Gasteiger partial charge >= 0.3 is 6.03 Å². The third-order valence-corrected chi connectivity index (χ3v) is 5.98. The van der Waals surface area contributed by atoms with E-state index < -0.39 is 11.6 Å². The van der Waals surface area contributed by atoms with Gasteiger partial charge in [-0.2, -0.15) is 0 Å². The molecule has 1 aromatic carbocycles. The summed E-state index contributed by atoms with van der Waals surface area (Å²) in [6.07, 6.45) is 4.95. The second-order valence-corrected chi connectivity index (χ2v) is 7.70. The van der Waals surface area contributed by atoms with E-state index in [4.69, 9.17) is 4.74 Å². The number of carbonyl (C=O) groups excluding carboxylic acids is 3. The average Bonchev–Trinajstić information content (AvgIpc) is 2.93. The molecule has 0 atom stereocenters. The minimum absolute atomic E-state index is 0.230. The standard InChI is InChI=1S/C21H29N3O4/c1-3-15-8-11-21(12-9-15)19(26)24(20(27)23-21)14-18(25)22-13-10-16-4-6-17(28-2)7-5-16/h4-7,15H,3,8-14H2,1-2H3,(H,22,25)(H,23,27). The highest BCUT2D eigenvalue weighted by atomic mass is 16.5. The van der Waals surface area contributed by atoms with Crippen LogP contribution in [0.2, 0.25) is 0 Å². The molecule has 7 heteroatoms. The number of amides is 4. The smallest absolute Gasteiger partial charge is 0.325 e. The van der Waals surface area contributed by atoms with E-state index in [1.165, 1.54) is 0 Å². The van der Waals surface area contributed by atoms with E-state index in [0.29, 0.717) is 31.7 Å². The molecule has 1 spiro atoms. The minimum Gasteiger partial charge on any atom is -0.497 e. The van der Waals surface area contributed by atoms with Crippen LogP contribution in [0, 0.1) is 5.92 Å². The van der Waals surface area contributed by atoms with Gasteiger partial charge in [-0.15, -0.1) is 0 Å². The molecule has 2 aliphatic rings. The fourth-order valence-corrected chi connectivity index (χ4v) is 4.08. The number of imide groups is 1. The van der Waals surface area contributed by atoms with Gasteiger partial charge < -0.3 is 15.4 Å². The lowest BCUT2D eigenvalue weighted by molar-refractivity contribution is -0.136. The highest BCUT2D eigenvalue weighted by molar-refractivity contribution is 6.09. The SMILES string of the molecule is CCC1CCC2(CC1)NC(=O)N(CC(=O)NCCc1ccc(OC)cc1)C2=O. The second-order valence-electron chi connectivity index (χ2n) is 7.70. The molecule has 1 aromatic rings. The van der Waals surface area contributed by atoms with E-state index in [1.807, 2.05) is 24.3 Å². The fraction of sp³-hybridized carbons (Fsp3) is 0.571. The van der Waals surface area contributed by atoms with Crippen LogP contribution < -0.4 is 15.4 Å². The molecule has 0 bridgehead atoms. The van der Waals surface area contributed by atoms with Crippen molar-refractivity contribution in [2.45, 2.75) is 51.0 Å². The number of nitrogens with zero attached hydrogens (tertiary/aromatic N) is 1. The molecular formula is C21H29N3O4. The maximum absolute atomic E-state index is 12.8. The summed E-state index contributed by atoms with van der Waals surface area (Å²) in [6, 6.07) is 7.18. The monoisotopic (exact) mass is 387 g/mol. The zero-order valence-corrected chi connectivity index (χ0v) is 16.6. The third kappa shape index (κ3) is 4.29. The Morgan fingerprint density at radius 3 is 2.54 bits per heavy atom. The number of nitrogens with one attached hydrogen (secondary N) is 2. The molecule has 0 unspecified atom stereocenters. The molecule has 4 amide bonds. The van der Waals surface area contributed by atoms with Gasteiger partial charge in [0.05, 0.1) is 7.11 Å². The number of hydrogen-bond acceptors (Lipinski definition) is 4. The Labute approximate surface area is 165 Å². The first kappa shape index (κ1) is 20.2. The summed E-state index contributed by atoms with van der Waals surface area (Å²) in [5.74, 6) is 0.826. The lowest BCUT2D eigenvalue weighted by atomic mass is 9.75. The number of urea groups is 1. The molecule has 1 aliphatic heterocycles. The zero-order valence-electron chi connectivity index (χ0n) is 16.6. The van der Waals surface area contributed by atoms with E-state index in [1.54, 1.807) is 7.11 Å². The fourth-order valence-electron chi connectivity index (χ4n) is 4.08. The first-order valence-electron chi connectivity index (χ1n) is 10.0. The molecule has 3 rings (SSSR count). The largest absolute Gasteiger partial charge is 0.497 e. The molecule has 152 valence electrons. The highest BCUT2D eigenvalue weighted by Crippen LogP contribution is 2.37. The van der Waals surface area contributed by atoms with E-state index >= 15 is 0 Å². The molecule has 1 saturated carbocycles. The summed E-state index contributed by atoms with van der Waals surface area (Å²) >= 11 is 0. The quantitative estimate of drug-likeness (QED) is 0.703. The van der Waals surface area contributed by atoms with Crippen LogP contribution in [0.5, 0.6) is 5.75 Å². The van der Waals surface area contributed by atoms with Gasteiger partial charge in [-0.3, -0.25) is 14.5 Å². The number of carbonyl (C=O) groups is 3. The minimum atomic E-state index is -0.799. The Morgan fingerprint density at radius 2 is 1.93 bits per heavy atom. The molecule has 28 heavy (non-hydrogen) atoms. The highest BCUT2D eigenvalue weighted by Gasteiger charge is 2.52. The molecule has 2 fully saturated rings. The number of hydrogen-bond donors (Lipinski definition) is 2. The van der Waals surface area contributed by atoms with Crippen LogP contribution in [0.4, 0.5) is 4.79 Å². The van der Waals surface area contributed by atoms with Gasteiger partial charge in [-0.1, -0.05) is 25.5 Å². The van der Waals surface area contributed by atoms with Crippen molar-refractivity contribution in [1.29, 1.82) is 0 Å². The van der Waals surface area contributed by atoms with E-state index in [9.17, 15) is 14.4 Å². The molecule has 1 saturated heterocycles. The van der Waals surface area contributed by atoms with Gasteiger partial charge in [0.1, 0.15) is 17.8 Å². The molecule has 2 N–H and O–H groups in total. The van der Waals surface area contributed by atoms with Crippen molar-refractivity contribution in [2.24, 2.45) is 5.92 Å². The van der Waals surface area contributed by atoms with Crippen LogP contribution in [-0.4, -0.2) is 48.5 Å². The van der Waals surface area contributed by atoms with Crippen molar-refractivity contribution in [3.05, 3.63) is 29.8 Å². The summed E-state index contributed by atoms with van der Waals surface area (Å²) in [5.41, 5.74) is 0.272.